The van der Waals surface area contributed by atoms with Crippen LogP contribution in [0, 0.1) is 0 Å². The van der Waals surface area contributed by atoms with Crippen molar-refractivity contribution in [3.05, 3.63) is 22.9 Å². The first kappa shape index (κ1) is 4.96. The van der Waals surface area contributed by atoms with Crippen LogP contribution in [-0.4, -0.2) is 9.24 Å². The molecule has 0 aliphatic rings. The largest absolute Gasteiger partial charge is 0.346 e. The Bertz CT molecular complexity index is 211. The van der Waals surface area contributed by atoms with E-state index in [2.05, 4.69) is 0 Å². The number of nitrogens with zero attached hydrogens (tertiary/aromatic N) is 2. The van der Waals surface area contributed by atoms with Gasteiger partial charge in [0.25, 0.3) is 0 Å². The number of hydrogen-bond donors (Lipinski definition) is 1. The minimum Gasteiger partial charge on any atom is -0.335 e. The number of aryl methyl sites for hydroxylation is 1. The Morgan fingerprint density at radius 2 is 2.25 bits per heavy atom. The van der Waals surface area contributed by atoms with E-state index in [1.807, 2.05) is 0 Å². The van der Waals surface area contributed by atoms with Crippen molar-refractivity contribution in [2.45, 2.75) is 0 Å². The van der Waals surface area contributed by atoms with Crippen LogP contribution >= 0.6 is 0 Å². The third kappa shape index (κ3) is 0.501. The lowest BCUT2D eigenvalue weighted by atomic mass is 10.9. The molecule has 0 saturated heterocycles. The highest BCUT2D eigenvalue weighted by atomic mass is 16.2. The van der Waals surface area contributed by atoms with Crippen molar-refractivity contribution >= 4 is 0 Å². The first-order valence-corrected chi connectivity index (χ1v) is 2.21. The summed E-state index contributed by atoms with van der Waals surface area (Å²) < 4.78 is 2.43. The molecule has 0 amide bonds. The fourth-order valence-corrected chi connectivity index (χ4v) is 0.481. The fraction of sp³-hybridized carbons (Fsp3) is 0.250. The van der Waals surface area contributed by atoms with E-state index in [9.17, 15) is 4.79 Å². The van der Waals surface area contributed by atoms with E-state index in [1.54, 1.807) is 13.2 Å². The smallest absolute Gasteiger partial charge is 0.335 e. The van der Waals surface area contributed by atoms with Gasteiger partial charge in [-0.25, -0.2) is 9.47 Å². The summed E-state index contributed by atoms with van der Waals surface area (Å²) >= 11 is 0. The Morgan fingerprint density at radius 1 is 1.62 bits per heavy atom. The van der Waals surface area contributed by atoms with Crippen molar-refractivity contribution in [2.24, 2.45) is 7.05 Å². The minimum absolute atomic E-state index is 0.204. The van der Waals surface area contributed by atoms with Crippen molar-refractivity contribution in [1.29, 1.82) is 0 Å². The second-order valence-electron chi connectivity index (χ2n) is 1.60. The minimum atomic E-state index is -0.204. The summed E-state index contributed by atoms with van der Waals surface area (Å²) in [5.41, 5.74) is -0.204. The van der Waals surface area contributed by atoms with Gasteiger partial charge in [0.1, 0.15) is 0 Å². The summed E-state index contributed by atoms with van der Waals surface area (Å²) in [6.07, 6.45) is 3.10. The SMILES string of the molecule is Cn1ccn(N)c1=O. The fourth-order valence-electron chi connectivity index (χ4n) is 0.481. The molecule has 1 aromatic rings. The quantitative estimate of drug-likeness (QED) is 0.434. The number of nitrogens with two attached hydrogens (primary N) is 1. The molecule has 44 valence electrons. The van der Waals surface area contributed by atoms with Crippen molar-refractivity contribution in [3.8, 4) is 0 Å². The lowest BCUT2D eigenvalue weighted by molar-refractivity contribution is 0.806. The highest BCUT2D eigenvalue weighted by Gasteiger charge is 1.89. The molecule has 0 spiro atoms. The third-order valence-electron chi connectivity index (χ3n) is 0.973. The van der Waals surface area contributed by atoms with Crippen LogP contribution in [0.2, 0.25) is 0 Å². The zero-order valence-electron chi connectivity index (χ0n) is 4.53. The molecule has 0 aliphatic carbocycles. The van der Waals surface area contributed by atoms with Gasteiger partial charge >= 0.3 is 5.69 Å². The molecule has 8 heavy (non-hydrogen) atoms. The monoisotopic (exact) mass is 113 g/mol. The molecule has 0 aromatic carbocycles. The van der Waals surface area contributed by atoms with Crippen LogP contribution in [0.25, 0.3) is 0 Å². The van der Waals surface area contributed by atoms with Gasteiger partial charge in [0, 0.05) is 19.4 Å². The molecule has 0 atom stereocenters. The molecule has 0 saturated carbocycles. The summed E-state index contributed by atoms with van der Waals surface area (Å²) in [6, 6.07) is 0. The van der Waals surface area contributed by atoms with Crippen LogP contribution in [0.3, 0.4) is 0 Å². The number of rotatable bonds is 0. The second kappa shape index (κ2) is 1.40. The molecule has 1 rings (SSSR count). The molecule has 0 aliphatic heterocycles. The molecule has 4 nitrogen and oxygen atoms in total. The summed E-state index contributed by atoms with van der Waals surface area (Å²) in [6.45, 7) is 0. The average molecular weight is 113 g/mol. The number of imidazole rings is 1. The van der Waals surface area contributed by atoms with Crippen molar-refractivity contribution < 1.29 is 0 Å². The topological polar surface area (TPSA) is 52.9 Å². The Balaban J connectivity index is 3.42. The van der Waals surface area contributed by atoms with Crippen LogP contribution in [0.15, 0.2) is 17.2 Å². The predicted octanol–water partition coefficient (Wildman–Crippen LogP) is -1.10. The van der Waals surface area contributed by atoms with Gasteiger partial charge in [0.2, 0.25) is 0 Å². The Hall–Kier alpha value is -1.19. The first-order chi connectivity index (χ1) is 3.72. The molecule has 2 N–H and O–H groups in total. The Labute approximate surface area is 46.1 Å². The Kier molecular flexibility index (Phi) is 0.865. The summed E-state index contributed by atoms with van der Waals surface area (Å²) in [4.78, 5) is 10.6. The number of aromatic nitrogens is 2. The Morgan fingerprint density at radius 3 is 2.38 bits per heavy atom. The zero-order chi connectivity index (χ0) is 6.15. The van der Waals surface area contributed by atoms with E-state index in [4.69, 9.17) is 5.84 Å². The molecule has 1 aromatic heterocycles. The van der Waals surface area contributed by atoms with Crippen LogP contribution in [-0.2, 0) is 7.05 Å². The van der Waals surface area contributed by atoms with Gasteiger partial charge in [-0.3, -0.25) is 0 Å². The van der Waals surface area contributed by atoms with Crippen LogP contribution < -0.4 is 11.5 Å². The normalized spacial score (nSPS) is 9.62. The van der Waals surface area contributed by atoms with E-state index in [0.29, 0.717) is 0 Å². The van der Waals surface area contributed by atoms with Gasteiger partial charge in [-0.15, -0.1) is 0 Å². The predicted molar refractivity (Wildman–Crippen MR) is 29.8 cm³/mol. The maximum absolute atomic E-state index is 10.6. The highest BCUT2D eigenvalue weighted by Crippen LogP contribution is 1.69. The molecule has 0 bridgehead atoms. The van der Waals surface area contributed by atoms with Gasteiger partial charge in [-0.05, 0) is 0 Å². The van der Waals surface area contributed by atoms with Gasteiger partial charge in [-0.2, -0.15) is 0 Å². The summed E-state index contributed by atoms with van der Waals surface area (Å²) in [7, 11) is 1.64. The van der Waals surface area contributed by atoms with E-state index in [0.717, 1.165) is 4.68 Å². The van der Waals surface area contributed by atoms with Crippen LogP contribution in [0.5, 0.6) is 0 Å². The lowest BCUT2D eigenvalue weighted by Crippen LogP contribution is -2.27. The third-order valence-corrected chi connectivity index (χ3v) is 0.973. The van der Waals surface area contributed by atoms with Gasteiger partial charge in [0.05, 0.1) is 0 Å². The number of hydrogen-bond acceptors (Lipinski definition) is 2. The lowest BCUT2D eigenvalue weighted by Gasteiger charge is -1.83. The van der Waals surface area contributed by atoms with E-state index < -0.39 is 0 Å². The summed E-state index contributed by atoms with van der Waals surface area (Å²) in [5.74, 6) is 5.12. The molecule has 0 fully saturated rings. The maximum atomic E-state index is 10.6. The molecular formula is C4H7N3O. The van der Waals surface area contributed by atoms with Crippen molar-refractivity contribution in [2.75, 3.05) is 5.84 Å². The van der Waals surface area contributed by atoms with Gasteiger partial charge in [0.15, 0.2) is 0 Å². The van der Waals surface area contributed by atoms with E-state index in [1.165, 1.54) is 10.8 Å². The van der Waals surface area contributed by atoms with E-state index >= 15 is 0 Å². The molecule has 4 heteroatoms. The van der Waals surface area contributed by atoms with Crippen molar-refractivity contribution in [1.82, 2.24) is 9.24 Å². The second-order valence-corrected chi connectivity index (χ2v) is 1.60. The summed E-state index contributed by atoms with van der Waals surface area (Å²) in [5, 5.41) is 0. The average Bonchev–Trinajstić information content (AvgIpc) is 1.98. The number of nitrogen functional groups attached to an aromatic ring is 1. The van der Waals surface area contributed by atoms with Crippen molar-refractivity contribution in [3.63, 3.8) is 0 Å². The highest BCUT2D eigenvalue weighted by molar-refractivity contribution is 4.78. The first-order valence-electron chi connectivity index (χ1n) is 2.21. The standard InChI is InChI=1S/C4H7N3O/c1-6-2-3-7(5)4(6)8/h2-3H,5H2,1H3. The maximum Gasteiger partial charge on any atom is 0.346 e. The molecule has 0 radical (unpaired) electrons. The van der Waals surface area contributed by atoms with Gasteiger partial charge < -0.3 is 10.4 Å². The van der Waals surface area contributed by atoms with Crippen LogP contribution in [0.1, 0.15) is 0 Å². The van der Waals surface area contributed by atoms with Crippen LogP contribution in [0.4, 0.5) is 0 Å². The molecule has 0 unspecified atom stereocenters. The van der Waals surface area contributed by atoms with E-state index in [-0.39, 0.29) is 5.69 Å². The molecular weight excluding hydrogens is 106 g/mol. The zero-order valence-corrected chi connectivity index (χ0v) is 4.53. The van der Waals surface area contributed by atoms with Gasteiger partial charge in [-0.1, -0.05) is 0 Å². The molecule has 1 heterocycles.